The number of para-hydroxylation sites is 2. The molecule has 50 nitrogen and oxygen atoms in total. The average Bonchev–Trinajstić information content (AvgIpc) is 1.73. The number of benzene rings is 4. The van der Waals surface area contributed by atoms with Crippen LogP contribution in [0.1, 0.15) is 130 Å². The van der Waals surface area contributed by atoms with Crippen LogP contribution in [0.3, 0.4) is 0 Å². The molecule has 10 aromatic rings. The van der Waals surface area contributed by atoms with E-state index >= 15 is 0 Å². The third kappa shape index (κ3) is 37.3. The number of carbonyl (C=O) groups is 16. The van der Waals surface area contributed by atoms with E-state index in [1.165, 1.54) is 44.4 Å². The van der Waals surface area contributed by atoms with E-state index < -0.39 is 168 Å². The highest BCUT2D eigenvalue weighted by molar-refractivity contribution is 6.02. The number of rotatable bonds is 62. The van der Waals surface area contributed by atoms with Crippen molar-refractivity contribution in [2.45, 2.75) is 202 Å². The number of terminal acetylenes is 2. The van der Waals surface area contributed by atoms with E-state index in [0.717, 1.165) is 9.36 Å². The standard InChI is InChI=1S/C98H124N34O16/c1-4-6-10-34-83(136)117-78(48-66-52-105-59-115-66)92(145)121-74(44-62-25-13-9-14-26-62)90(143)119-72(32-20-39-110-97(102)103)88(141)123-76(46-64-50-113-70-30-18-16-28-68(64)70)94(147)125-81-55-132(130-128-81)57-86(139)107-41-22-37-98(95(148)108-42-35-79(99)134,126-84(137)53-111-60(3)133)36-21-40-106-85(138)56-131-54-80(127-129-131)124-93(146)75(45-63-49-112-69-29-17-15-27-67(63)69)122-87(140)71(31-19-38-109-96(100)101)118-89(142)73(43-61-23-11-8-12-24-61)120-91(144)77(47-65-51-104-58-114-65)116-82(135)33-7-5-2/h1-2,8-9,11-18,23-30,49-52,54-55,58-59,71-78,112-113H,6-7,10,19-22,31-48,53,56-57H2,3H3,(H2,99,134)(H,104,114)(H,105,115)(H,106,138)(H,107,139)(H,108,148)(H,111,133)(H,116,135)(H,117,136)(H,118,142)(H,119,143)(H,120,144)(H,121,145)(H,122,140)(H,123,141)(H,124,146)(H,125,147)(H,126,137)(H4,100,101,109)(H4,102,103,110)/t71-,72-,73+,74+,75-,76-,77-,78-,98?/m0/s1. The van der Waals surface area contributed by atoms with Gasteiger partial charge in [0.1, 0.15) is 67.0 Å². The highest BCUT2D eigenvalue weighted by Gasteiger charge is 2.41. The SMILES string of the molecule is C#CCCCC(=O)N[C@@H](Cc1cnc[nH]1)C(=O)N[C@H](Cc1ccccc1)C(=O)N[C@@H](CCCNC(=N)N)C(=O)N[C@@H](Cc1c[nH]c2ccccc12)C(=O)Nc1cn(CC(=O)NCCCC(CCCNC(=O)Cn2cc(NC(=O)[C@H](Cc3c[nH]c4ccccc34)NC(=O)[C@H](CCCNC(=N)N)NC(=O)[C@@H](Cc3ccccc3)NC(=O)[C@H](Cc3cnc[nH]3)NC(=O)CCC#C)nn2)(NC(=O)CNC(C)=O)C(=O)NCCC(N)=O)nn1. The first-order chi connectivity index (χ1) is 71.3. The Kier molecular flexibility index (Phi) is 43.7. The molecule has 6 heterocycles. The lowest BCUT2D eigenvalue weighted by Gasteiger charge is -2.34. The van der Waals surface area contributed by atoms with Gasteiger partial charge in [0, 0.05) is 168 Å². The number of aromatic amines is 4. The van der Waals surface area contributed by atoms with Crippen LogP contribution >= 0.6 is 0 Å². The second-order valence-corrected chi connectivity index (χ2v) is 34.9. The first kappa shape index (κ1) is 112. The number of nitrogens with two attached hydrogens (primary N) is 3. The van der Waals surface area contributed by atoms with Crippen molar-refractivity contribution >= 4 is 140 Å². The number of primary amides is 1. The maximum absolute atomic E-state index is 15.0. The van der Waals surface area contributed by atoms with Crippen LogP contribution in [0.15, 0.2) is 159 Å². The number of hydrogen-bond donors (Lipinski definition) is 26. The van der Waals surface area contributed by atoms with E-state index in [0.29, 0.717) is 68.3 Å². The Bertz CT molecular complexity index is 6280. The lowest BCUT2D eigenvalue weighted by molar-refractivity contribution is -0.134. The van der Waals surface area contributed by atoms with Gasteiger partial charge in [-0.2, -0.15) is 0 Å². The van der Waals surface area contributed by atoms with Gasteiger partial charge in [0.2, 0.25) is 94.5 Å². The summed E-state index contributed by atoms with van der Waals surface area (Å²) in [6, 6.07) is 20.9. The van der Waals surface area contributed by atoms with Gasteiger partial charge in [0.25, 0.3) is 0 Å². The number of hydrogen-bond acceptors (Lipinski definition) is 24. The van der Waals surface area contributed by atoms with E-state index in [1.807, 2.05) is 18.2 Å². The van der Waals surface area contributed by atoms with Gasteiger partial charge in [-0.15, -0.1) is 34.9 Å². The predicted octanol–water partition coefficient (Wildman–Crippen LogP) is -2.29. The number of H-pyrrole nitrogens is 4. The molecule has 0 aliphatic heterocycles. The molecular weight excluding hydrogens is 1910 g/mol. The van der Waals surface area contributed by atoms with Crippen molar-refractivity contribution in [2.24, 2.45) is 17.2 Å². The van der Waals surface area contributed by atoms with Gasteiger partial charge in [0.15, 0.2) is 23.6 Å². The van der Waals surface area contributed by atoms with Crippen molar-refractivity contribution in [3.63, 3.8) is 0 Å². The number of nitrogens with zero attached hydrogens (tertiary/aromatic N) is 8. The molecule has 50 heteroatoms. The van der Waals surface area contributed by atoms with Gasteiger partial charge < -0.3 is 128 Å². The van der Waals surface area contributed by atoms with E-state index in [2.05, 4.69) is 153 Å². The molecule has 0 saturated carbocycles. The third-order valence-electron chi connectivity index (χ3n) is 23.4. The van der Waals surface area contributed by atoms with E-state index in [4.69, 9.17) is 40.9 Å². The van der Waals surface area contributed by atoms with Crippen molar-refractivity contribution in [3.8, 4) is 24.7 Å². The molecule has 0 aliphatic rings. The summed E-state index contributed by atoms with van der Waals surface area (Å²) >= 11 is 0. The van der Waals surface area contributed by atoms with E-state index in [1.54, 1.807) is 103 Å². The summed E-state index contributed by atoms with van der Waals surface area (Å²) in [7, 11) is 0. The highest BCUT2D eigenvalue weighted by atomic mass is 16.2. The van der Waals surface area contributed by atoms with Crippen LogP contribution in [-0.2, 0) is 128 Å². The van der Waals surface area contributed by atoms with Crippen LogP contribution in [0.2, 0.25) is 0 Å². The topological polar surface area (TPSA) is 754 Å². The summed E-state index contributed by atoms with van der Waals surface area (Å²) in [5.74, 6) is -7.95. The molecule has 1 unspecified atom stereocenters. The lowest BCUT2D eigenvalue weighted by atomic mass is 9.86. The van der Waals surface area contributed by atoms with Gasteiger partial charge in [-0.1, -0.05) is 107 Å². The molecule has 6 aromatic heterocycles. The zero-order chi connectivity index (χ0) is 106. The number of nitrogens with one attached hydrogen (secondary N) is 23. The Morgan fingerprint density at radius 2 is 0.804 bits per heavy atom. The molecule has 9 atom stereocenters. The van der Waals surface area contributed by atoms with Crippen LogP contribution in [0.25, 0.3) is 21.8 Å². The smallest absolute Gasteiger partial charge is 0.248 e. The second-order valence-electron chi connectivity index (χ2n) is 34.9. The van der Waals surface area contributed by atoms with Crippen LogP contribution in [0.4, 0.5) is 11.6 Å². The van der Waals surface area contributed by atoms with Crippen LogP contribution in [-0.4, -0.2) is 259 Å². The first-order valence-electron chi connectivity index (χ1n) is 47.9. The van der Waals surface area contributed by atoms with Crippen molar-refractivity contribution < 1.29 is 76.7 Å². The largest absolute Gasteiger partial charge is 0.370 e. The summed E-state index contributed by atoms with van der Waals surface area (Å²) < 4.78 is 2.19. The number of guanidine groups is 2. The molecule has 0 aliphatic carbocycles. The second kappa shape index (κ2) is 57.8. The molecule has 0 saturated heterocycles. The molecule has 0 radical (unpaired) electrons. The van der Waals surface area contributed by atoms with Gasteiger partial charge in [-0.05, 0) is 92.2 Å². The van der Waals surface area contributed by atoms with Crippen LogP contribution < -0.4 is 108 Å². The Morgan fingerprint density at radius 3 is 1.22 bits per heavy atom. The van der Waals surface area contributed by atoms with Crippen molar-refractivity contribution in [2.75, 3.05) is 49.9 Å². The molecule has 0 spiro atoms. The fourth-order valence-electron chi connectivity index (χ4n) is 16.0. The highest BCUT2D eigenvalue weighted by Crippen LogP contribution is 2.25. The van der Waals surface area contributed by atoms with Crippen molar-refractivity contribution in [1.82, 2.24) is 140 Å². The molecule has 148 heavy (non-hydrogen) atoms. The maximum Gasteiger partial charge on any atom is 0.248 e. The zero-order valence-corrected chi connectivity index (χ0v) is 81.4. The van der Waals surface area contributed by atoms with Crippen molar-refractivity contribution in [3.05, 3.63) is 193 Å². The molecule has 0 fully saturated rings. The summed E-state index contributed by atoms with van der Waals surface area (Å²) in [5, 5.41) is 79.3. The predicted molar refractivity (Wildman–Crippen MR) is 542 cm³/mol. The summed E-state index contributed by atoms with van der Waals surface area (Å²) in [5.41, 5.74) is 19.6. The van der Waals surface area contributed by atoms with Gasteiger partial charge >= 0.3 is 0 Å². The fraction of sp³-hybridized carbons (Fsp3) is 0.388. The van der Waals surface area contributed by atoms with E-state index in [-0.39, 0.29) is 172 Å². The average molecular weight is 2030 g/mol. The molecular formula is C98H124N34O16. The minimum atomic E-state index is -1.87. The minimum Gasteiger partial charge on any atom is -0.370 e. The molecule has 4 aromatic carbocycles. The number of anilines is 2. The third-order valence-corrected chi connectivity index (χ3v) is 23.4. The van der Waals surface area contributed by atoms with Crippen LogP contribution in [0.5, 0.6) is 0 Å². The number of unbranched alkanes of at least 4 members (excludes halogenated alkanes) is 1. The Morgan fingerprint density at radius 1 is 0.405 bits per heavy atom. The lowest BCUT2D eigenvalue weighted by Crippen LogP contribution is -2.60. The minimum absolute atomic E-state index is 0.00892. The monoisotopic (exact) mass is 2030 g/mol. The Labute approximate surface area is 849 Å². The zero-order valence-electron chi connectivity index (χ0n) is 81.4. The Balaban J connectivity index is 0.790. The fourth-order valence-corrected chi connectivity index (χ4v) is 16.0. The normalized spacial score (nSPS) is 13.0. The quantitative estimate of drug-likeness (QED) is 0.00825. The number of fused-ring (bicyclic) bond motifs is 2. The number of imidazole rings is 2. The molecule has 10 rings (SSSR count). The molecule has 0 bridgehead atoms. The number of aromatic nitrogens is 12. The number of carbonyl (C=O) groups excluding carboxylic acids is 16. The van der Waals surface area contributed by atoms with Crippen molar-refractivity contribution in [1.29, 1.82) is 10.8 Å². The molecule has 782 valence electrons. The summed E-state index contributed by atoms with van der Waals surface area (Å²) in [4.78, 5) is 244. The summed E-state index contributed by atoms with van der Waals surface area (Å²) in [6.45, 7) is -0.866. The van der Waals surface area contributed by atoms with Crippen LogP contribution in [0, 0.1) is 35.5 Å². The summed E-state index contributed by atoms with van der Waals surface area (Å²) in [6.07, 6.45) is 21.7. The van der Waals surface area contributed by atoms with Gasteiger partial charge in [0.05, 0.1) is 31.6 Å². The number of amides is 16. The molecule has 29 N–H and O–H groups in total. The Hall–Kier alpha value is -18.2. The van der Waals surface area contributed by atoms with E-state index in [9.17, 15) is 76.7 Å². The first-order valence-corrected chi connectivity index (χ1v) is 47.9. The molecule has 16 amide bonds. The van der Waals surface area contributed by atoms with Gasteiger partial charge in [-0.3, -0.25) is 87.5 Å². The maximum atomic E-state index is 15.0. The van der Waals surface area contributed by atoms with Gasteiger partial charge in [-0.25, -0.2) is 19.3 Å².